The standard InChI is InChI=1S/C13H20FNO2/c1-3-13(2,6-7-16)15-9-10-8-11(14)4-5-12(10)17/h4-5,8,15-17H,3,6-7,9H2,1-2H3. The Morgan fingerprint density at radius 1 is 1.41 bits per heavy atom. The molecule has 0 saturated carbocycles. The highest BCUT2D eigenvalue weighted by Gasteiger charge is 2.20. The Bertz CT molecular complexity index is 370. The Labute approximate surface area is 101 Å². The van der Waals surface area contributed by atoms with Crippen LogP contribution in [-0.4, -0.2) is 22.4 Å². The molecule has 0 aliphatic rings. The topological polar surface area (TPSA) is 52.5 Å². The van der Waals surface area contributed by atoms with Crippen LogP contribution in [0.2, 0.25) is 0 Å². The van der Waals surface area contributed by atoms with Gasteiger partial charge in [-0.15, -0.1) is 0 Å². The van der Waals surface area contributed by atoms with E-state index in [1.54, 1.807) is 0 Å². The summed E-state index contributed by atoms with van der Waals surface area (Å²) in [4.78, 5) is 0. The first-order valence-corrected chi connectivity index (χ1v) is 5.84. The minimum atomic E-state index is -0.361. The van der Waals surface area contributed by atoms with E-state index in [-0.39, 0.29) is 23.7 Å². The normalized spacial score (nSPS) is 14.6. The molecule has 0 aliphatic heterocycles. The van der Waals surface area contributed by atoms with Gasteiger partial charge in [0.2, 0.25) is 0 Å². The number of nitrogens with one attached hydrogen (secondary N) is 1. The second kappa shape index (κ2) is 5.98. The summed E-state index contributed by atoms with van der Waals surface area (Å²) in [7, 11) is 0. The Hall–Kier alpha value is -1.13. The number of aliphatic hydroxyl groups excluding tert-OH is 1. The van der Waals surface area contributed by atoms with Crippen LogP contribution in [-0.2, 0) is 6.54 Å². The molecule has 0 aromatic heterocycles. The molecule has 0 spiro atoms. The van der Waals surface area contributed by atoms with Gasteiger partial charge in [0.15, 0.2) is 0 Å². The molecule has 96 valence electrons. The lowest BCUT2D eigenvalue weighted by Crippen LogP contribution is -2.42. The van der Waals surface area contributed by atoms with E-state index in [0.717, 1.165) is 6.42 Å². The number of hydrogen-bond acceptors (Lipinski definition) is 3. The van der Waals surface area contributed by atoms with Crippen molar-refractivity contribution in [2.24, 2.45) is 0 Å². The number of benzene rings is 1. The van der Waals surface area contributed by atoms with Crippen LogP contribution in [0.1, 0.15) is 32.3 Å². The molecule has 0 saturated heterocycles. The summed E-state index contributed by atoms with van der Waals surface area (Å²) in [5.41, 5.74) is 0.329. The van der Waals surface area contributed by atoms with Gasteiger partial charge in [-0.2, -0.15) is 0 Å². The number of hydrogen-bond donors (Lipinski definition) is 3. The van der Waals surface area contributed by atoms with Crippen LogP contribution in [0.4, 0.5) is 4.39 Å². The van der Waals surface area contributed by atoms with Gasteiger partial charge in [0.25, 0.3) is 0 Å². The minimum absolute atomic E-state index is 0.0846. The molecule has 3 nitrogen and oxygen atoms in total. The third-order valence-corrected chi connectivity index (χ3v) is 3.19. The highest BCUT2D eigenvalue weighted by molar-refractivity contribution is 5.32. The highest BCUT2D eigenvalue weighted by Crippen LogP contribution is 2.20. The van der Waals surface area contributed by atoms with Gasteiger partial charge in [0.1, 0.15) is 11.6 Å². The first-order valence-electron chi connectivity index (χ1n) is 5.84. The van der Waals surface area contributed by atoms with Gasteiger partial charge in [-0.3, -0.25) is 0 Å². The maximum atomic E-state index is 13.0. The van der Waals surface area contributed by atoms with E-state index >= 15 is 0 Å². The number of aromatic hydroxyl groups is 1. The summed E-state index contributed by atoms with van der Waals surface area (Å²) >= 11 is 0. The molecule has 1 rings (SSSR count). The van der Waals surface area contributed by atoms with Crippen molar-refractivity contribution in [1.82, 2.24) is 5.32 Å². The second-order valence-corrected chi connectivity index (χ2v) is 4.51. The van der Waals surface area contributed by atoms with Crippen LogP contribution in [0.3, 0.4) is 0 Å². The van der Waals surface area contributed by atoms with Crippen molar-refractivity contribution in [3.8, 4) is 5.75 Å². The Balaban J connectivity index is 2.68. The van der Waals surface area contributed by atoms with E-state index < -0.39 is 0 Å². The lowest BCUT2D eigenvalue weighted by atomic mass is 9.94. The Morgan fingerprint density at radius 2 is 2.12 bits per heavy atom. The maximum Gasteiger partial charge on any atom is 0.123 e. The monoisotopic (exact) mass is 241 g/mol. The van der Waals surface area contributed by atoms with E-state index in [1.807, 2.05) is 13.8 Å². The molecule has 0 heterocycles. The largest absolute Gasteiger partial charge is 0.508 e. The number of aliphatic hydroxyl groups is 1. The zero-order valence-corrected chi connectivity index (χ0v) is 10.3. The molecule has 0 fully saturated rings. The van der Waals surface area contributed by atoms with E-state index in [0.29, 0.717) is 18.5 Å². The summed E-state index contributed by atoms with van der Waals surface area (Å²) in [6, 6.07) is 3.89. The minimum Gasteiger partial charge on any atom is -0.508 e. The summed E-state index contributed by atoms with van der Waals surface area (Å²) in [6.45, 7) is 4.51. The summed E-state index contributed by atoms with van der Waals surface area (Å²) in [5.74, 6) is -0.277. The van der Waals surface area contributed by atoms with Crippen LogP contribution in [0, 0.1) is 5.82 Å². The molecule has 0 radical (unpaired) electrons. The Kier molecular flexibility index (Phi) is 4.90. The van der Waals surface area contributed by atoms with Crippen LogP contribution >= 0.6 is 0 Å². The fraction of sp³-hybridized carbons (Fsp3) is 0.538. The molecule has 0 aliphatic carbocycles. The zero-order chi connectivity index (χ0) is 12.9. The Morgan fingerprint density at radius 3 is 2.71 bits per heavy atom. The molecule has 0 bridgehead atoms. The van der Waals surface area contributed by atoms with Gasteiger partial charge in [-0.25, -0.2) is 4.39 Å². The summed E-state index contributed by atoms with van der Waals surface area (Å²) in [5, 5.41) is 21.8. The quantitative estimate of drug-likeness (QED) is 0.715. The van der Waals surface area contributed by atoms with E-state index in [2.05, 4.69) is 5.32 Å². The predicted molar refractivity (Wildman–Crippen MR) is 65.3 cm³/mol. The smallest absolute Gasteiger partial charge is 0.123 e. The summed E-state index contributed by atoms with van der Waals surface area (Å²) in [6.07, 6.45) is 1.48. The van der Waals surface area contributed by atoms with Crippen LogP contribution in [0.15, 0.2) is 18.2 Å². The average Bonchev–Trinajstić information content (AvgIpc) is 2.31. The molecule has 4 heteroatoms. The molecule has 1 unspecified atom stereocenters. The first kappa shape index (κ1) is 13.9. The van der Waals surface area contributed by atoms with Crippen molar-refractivity contribution < 1.29 is 14.6 Å². The van der Waals surface area contributed by atoms with Crippen LogP contribution in [0.25, 0.3) is 0 Å². The number of phenols is 1. The van der Waals surface area contributed by atoms with Gasteiger partial charge < -0.3 is 15.5 Å². The fourth-order valence-electron chi connectivity index (χ4n) is 1.64. The first-order chi connectivity index (χ1) is 8.00. The number of phenolic OH excluding ortho intramolecular Hbond substituents is 1. The maximum absolute atomic E-state index is 13.0. The third kappa shape index (κ3) is 3.98. The molecule has 0 amide bonds. The molecular formula is C13H20FNO2. The molecule has 1 aromatic rings. The SMILES string of the molecule is CCC(C)(CCO)NCc1cc(F)ccc1O. The van der Waals surface area contributed by atoms with Crippen molar-refractivity contribution in [3.63, 3.8) is 0 Å². The molecule has 1 aromatic carbocycles. The van der Waals surface area contributed by atoms with Crippen molar-refractivity contribution >= 4 is 0 Å². The van der Waals surface area contributed by atoms with E-state index in [4.69, 9.17) is 5.11 Å². The number of halogens is 1. The average molecular weight is 241 g/mol. The van der Waals surface area contributed by atoms with Crippen LogP contribution < -0.4 is 5.32 Å². The van der Waals surface area contributed by atoms with Gasteiger partial charge >= 0.3 is 0 Å². The van der Waals surface area contributed by atoms with Gasteiger partial charge in [-0.1, -0.05) is 6.92 Å². The zero-order valence-electron chi connectivity index (χ0n) is 10.3. The van der Waals surface area contributed by atoms with Crippen molar-refractivity contribution in [2.75, 3.05) is 6.61 Å². The van der Waals surface area contributed by atoms with E-state index in [1.165, 1.54) is 18.2 Å². The molecule has 17 heavy (non-hydrogen) atoms. The van der Waals surface area contributed by atoms with Crippen molar-refractivity contribution in [1.29, 1.82) is 0 Å². The molecule has 1 atom stereocenters. The number of rotatable bonds is 6. The third-order valence-electron chi connectivity index (χ3n) is 3.19. The highest BCUT2D eigenvalue weighted by atomic mass is 19.1. The van der Waals surface area contributed by atoms with Gasteiger partial charge in [-0.05, 0) is 38.0 Å². The second-order valence-electron chi connectivity index (χ2n) is 4.51. The van der Waals surface area contributed by atoms with E-state index in [9.17, 15) is 9.50 Å². The molecule has 3 N–H and O–H groups in total. The lowest BCUT2D eigenvalue weighted by molar-refractivity contribution is 0.214. The van der Waals surface area contributed by atoms with Crippen molar-refractivity contribution in [2.45, 2.75) is 38.8 Å². The van der Waals surface area contributed by atoms with Gasteiger partial charge in [0.05, 0.1) is 0 Å². The summed E-state index contributed by atoms with van der Waals surface area (Å²) < 4.78 is 13.0. The predicted octanol–water partition coefficient (Wildman–Crippen LogP) is 2.17. The van der Waals surface area contributed by atoms with Gasteiger partial charge in [0, 0.05) is 24.3 Å². The molecular weight excluding hydrogens is 221 g/mol. The van der Waals surface area contributed by atoms with Crippen LogP contribution in [0.5, 0.6) is 5.75 Å². The van der Waals surface area contributed by atoms with Crippen molar-refractivity contribution in [3.05, 3.63) is 29.6 Å². The fourth-order valence-corrected chi connectivity index (χ4v) is 1.64. The lowest BCUT2D eigenvalue weighted by Gasteiger charge is -2.29.